The van der Waals surface area contributed by atoms with Crippen LogP contribution in [0, 0.1) is 5.41 Å². The highest BCUT2D eigenvalue weighted by atomic mass is 35.5. The van der Waals surface area contributed by atoms with Crippen molar-refractivity contribution in [1.82, 2.24) is 0 Å². The lowest BCUT2D eigenvalue weighted by Crippen LogP contribution is -2.31. The number of hydrogen-bond donors (Lipinski definition) is 2. The first-order valence-corrected chi connectivity index (χ1v) is 11.5. The van der Waals surface area contributed by atoms with E-state index in [1.165, 1.54) is 0 Å². The van der Waals surface area contributed by atoms with E-state index < -0.39 is 0 Å². The van der Waals surface area contributed by atoms with Gasteiger partial charge in [0.1, 0.15) is 0 Å². The molecule has 1 heterocycles. The van der Waals surface area contributed by atoms with Crippen molar-refractivity contribution in [2.45, 2.75) is 32.7 Å². The fourth-order valence-electron chi connectivity index (χ4n) is 4.78. The number of benzene rings is 3. The van der Waals surface area contributed by atoms with Crippen molar-refractivity contribution in [2.24, 2.45) is 5.41 Å². The maximum Gasteiger partial charge on any atom is 0.193 e. The third kappa shape index (κ3) is 4.19. The van der Waals surface area contributed by atoms with Crippen LogP contribution in [0.15, 0.2) is 84.1 Å². The van der Waals surface area contributed by atoms with Gasteiger partial charge in [0.15, 0.2) is 11.6 Å². The highest BCUT2D eigenvalue weighted by molar-refractivity contribution is 6.30. The number of halogens is 1. The minimum Gasteiger partial charge on any atom is -0.372 e. The first-order chi connectivity index (χ1) is 15.8. The van der Waals surface area contributed by atoms with E-state index >= 15 is 0 Å². The Hall–Kier alpha value is -3.37. The van der Waals surface area contributed by atoms with Gasteiger partial charge in [-0.25, -0.2) is 0 Å². The summed E-state index contributed by atoms with van der Waals surface area (Å²) in [5, 5.41) is 7.69. The first kappa shape index (κ1) is 21.5. The van der Waals surface area contributed by atoms with E-state index in [0.29, 0.717) is 22.6 Å². The molecule has 166 valence electrons. The molecule has 3 aromatic rings. The van der Waals surface area contributed by atoms with Crippen LogP contribution in [0.5, 0.6) is 0 Å². The number of Topliss-reactive ketones (excluding diaryl/α,β-unsaturated/α-hetero) is 1. The molecule has 4 nitrogen and oxygen atoms in total. The van der Waals surface area contributed by atoms with Crippen LogP contribution in [-0.2, 0) is 4.79 Å². The third-order valence-corrected chi connectivity index (χ3v) is 6.53. The normalized spacial score (nSPS) is 19.0. The number of allylic oxidation sites excluding steroid dienone is 1. The van der Waals surface area contributed by atoms with Gasteiger partial charge in [0.25, 0.3) is 0 Å². The van der Waals surface area contributed by atoms with Gasteiger partial charge in [-0.2, -0.15) is 0 Å². The van der Waals surface area contributed by atoms with Crippen LogP contribution in [-0.4, -0.2) is 11.6 Å². The van der Waals surface area contributed by atoms with Crippen LogP contribution in [0.3, 0.4) is 0 Å². The second-order valence-corrected chi connectivity index (χ2v) is 9.98. The molecule has 3 aromatic carbocycles. The van der Waals surface area contributed by atoms with Gasteiger partial charge < -0.3 is 10.6 Å². The zero-order valence-corrected chi connectivity index (χ0v) is 19.4. The summed E-state index contributed by atoms with van der Waals surface area (Å²) in [7, 11) is 0. The summed E-state index contributed by atoms with van der Waals surface area (Å²) in [4.78, 5) is 26.4. The zero-order valence-electron chi connectivity index (χ0n) is 18.6. The van der Waals surface area contributed by atoms with Crippen molar-refractivity contribution in [2.75, 3.05) is 10.6 Å². The molecule has 0 radical (unpaired) electrons. The maximum atomic E-state index is 13.4. The zero-order chi connectivity index (χ0) is 23.2. The van der Waals surface area contributed by atoms with Crippen molar-refractivity contribution in [1.29, 1.82) is 0 Å². The standard InChI is InChI=1S/C28H25ClN2O2/c1-28(2)15-23-25(24(32)16-28)26(18-9-6-10-20(29)13-18)31-22-14-19(11-12-21(22)30-23)27(33)17-7-4-3-5-8-17/h3-14,26,30-31H,15-16H2,1-2H3/t26-/m0/s1. The molecule has 0 saturated heterocycles. The summed E-state index contributed by atoms with van der Waals surface area (Å²) in [6.07, 6.45) is 1.25. The molecule has 0 aromatic heterocycles. The van der Waals surface area contributed by atoms with Crippen molar-refractivity contribution >= 4 is 34.5 Å². The summed E-state index contributed by atoms with van der Waals surface area (Å²) in [6, 6.07) is 22.1. The molecule has 5 rings (SSSR count). The van der Waals surface area contributed by atoms with Crippen molar-refractivity contribution in [3.05, 3.63) is 106 Å². The number of nitrogens with one attached hydrogen (secondary N) is 2. The van der Waals surface area contributed by atoms with Crippen LogP contribution in [0.25, 0.3) is 0 Å². The van der Waals surface area contributed by atoms with E-state index in [1.807, 2.05) is 72.8 Å². The Morgan fingerprint density at radius 1 is 0.909 bits per heavy atom. The lowest BCUT2D eigenvalue weighted by atomic mass is 9.73. The Kier molecular flexibility index (Phi) is 5.34. The number of ketones is 2. The summed E-state index contributed by atoms with van der Waals surface area (Å²) in [5.74, 6) is 0.0818. The van der Waals surface area contributed by atoms with E-state index in [9.17, 15) is 9.59 Å². The van der Waals surface area contributed by atoms with E-state index in [1.54, 1.807) is 0 Å². The van der Waals surface area contributed by atoms with Gasteiger partial charge in [0, 0.05) is 33.8 Å². The lowest BCUT2D eigenvalue weighted by Gasteiger charge is -2.34. The molecule has 0 bridgehead atoms. The predicted molar refractivity (Wildman–Crippen MR) is 133 cm³/mol. The van der Waals surface area contributed by atoms with Gasteiger partial charge in [-0.05, 0) is 47.7 Å². The quantitative estimate of drug-likeness (QED) is 0.426. The molecule has 2 aliphatic rings. The molecular formula is C28H25ClN2O2. The molecule has 1 aliphatic heterocycles. The molecule has 5 heteroatoms. The van der Waals surface area contributed by atoms with Gasteiger partial charge in [0.2, 0.25) is 0 Å². The number of rotatable bonds is 3. The lowest BCUT2D eigenvalue weighted by molar-refractivity contribution is -0.118. The van der Waals surface area contributed by atoms with Crippen LogP contribution < -0.4 is 10.6 Å². The largest absolute Gasteiger partial charge is 0.372 e. The highest BCUT2D eigenvalue weighted by Gasteiger charge is 2.38. The average Bonchev–Trinajstić information content (AvgIpc) is 2.94. The predicted octanol–water partition coefficient (Wildman–Crippen LogP) is 6.79. The summed E-state index contributed by atoms with van der Waals surface area (Å²) in [5.41, 5.74) is 5.31. The number of carbonyl (C=O) groups is 2. The topological polar surface area (TPSA) is 58.2 Å². The minimum absolute atomic E-state index is 0.0429. The highest BCUT2D eigenvalue weighted by Crippen LogP contribution is 2.45. The number of fused-ring (bicyclic) bond motifs is 1. The molecule has 0 saturated carbocycles. The summed E-state index contributed by atoms with van der Waals surface area (Å²) in [6.45, 7) is 4.23. The Morgan fingerprint density at radius 3 is 2.45 bits per heavy atom. The monoisotopic (exact) mass is 456 g/mol. The number of hydrogen-bond acceptors (Lipinski definition) is 4. The molecule has 0 unspecified atom stereocenters. The van der Waals surface area contributed by atoms with Gasteiger partial charge >= 0.3 is 0 Å². The van der Waals surface area contributed by atoms with Crippen LogP contribution in [0.1, 0.15) is 54.2 Å². The Bertz CT molecular complexity index is 1290. The first-order valence-electron chi connectivity index (χ1n) is 11.1. The van der Waals surface area contributed by atoms with Gasteiger partial charge in [-0.15, -0.1) is 0 Å². The van der Waals surface area contributed by atoms with Crippen LogP contribution in [0.4, 0.5) is 11.4 Å². The smallest absolute Gasteiger partial charge is 0.193 e. The molecule has 1 aliphatic carbocycles. The molecular weight excluding hydrogens is 432 g/mol. The van der Waals surface area contributed by atoms with E-state index in [2.05, 4.69) is 24.5 Å². The van der Waals surface area contributed by atoms with Gasteiger partial charge in [-0.1, -0.05) is 67.9 Å². The van der Waals surface area contributed by atoms with Gasteiger partial charge in [0.05, 0.1) is 17.4 Å². The van der Waals surface area contributed by atoms with E-state index in [0.717, 1.165) is 34.6 Å². The Labute approximate surface area is 198 Å². The molecule has 1 atom stereocenters. The second kappa shape index (κ2) is 8.20. The van der Waals surface area contributed by atoms with E-state index in [4.69, 9.17) is 11.6 Å². The molecule has 2 N–H and O–H groups in total. The van der Waals surface area contributed by atoms with Crippen molar-refractivity contribution < 1.29 is 9.59 Å². The van der Waals surface area contributed by atoms with Gasteiger partial charge in [-0.3, -0.25) is 9.59 Å². The fourth-order valence-corrected chi connectivity index (χ4v) is 4.98. The van der Waals surface area contributed by atoms with Crippen molar-refractivity contribution in [3.8, 4) is 0 Å². The second-order valence-electron chi connectivity index (χ2n) is 9.55. The summed E-state index contributed by atoms with van der Waals surface area (Å²) >= 11 is 6.31. The third-order valence-electron chi connectivity index (χ3n) is 6.29. The number of carbonyl (C=O) groups excluding carboxylic acids is 2. The van der Waals surface area contributed by atoms with E-state index in [-0.39, 0.29) is 23.0 Å². The van der Waals surface area contributed by atoms with Crippen LogP contribution in [0.2, 0.25) is 5.02 Å². The molecule has 0 amide bonds. The van der Waals surface area contributed by atoms with Crippen molar-refractivity contribution in [3.63, 3.8) is 0 Å². The SMILES string of the molecule is CC1(C)CC(=O)C2=C(C1)Nc1ccc(C(=O)c3ccccc3)cc1N[C@H]2c1cccc(Cl)c1. The molecule has 33 heavy (non-hydrogen) atoms. The Morgan fingerprint density at radius 2 is 1.70 bits per heavy atom. The average molecular weight is 457 g/mol. The Balaban J connectivity index is 1.61. The summed E-state index contributed by atoms with van der Waals surface area (Å²) < 4.78 is 0. The minimum atomic E-state index is -0.363. The molecule has 0 fully saturated rings. The molecule has 0 spiro atoms. The van der Waals surface area contributed by atoms with Crippen LogP contribution >= 0.6 is 11.6 Å². The number of anilines is 2. The fraction of sp³-hybridized carbons (Fsp3) is 0.214. The maximum absolute atomic E-state index is 13.4.